The molecule has 1 heterocycles. The molecular formula is C15H17F2NO3. The van der Waals surface area contributed by atoms with Gasteiger partial charge in [0.1, 0.15) is 0 Å². The Bertz CT molecular complexity index is 567. The molecule has 114 valence electrons. The number of aliphatic carboxylic acids is 1. The summed E-state index contributed by atoms with van der Waals surface area (Å²) in [6.07, 6.45) is 1.18. The molecule has 2 rings (SSSR count). The summed E-state index contributed by atoms with van der Waals surface area (Å²) in [7, 11) is 1.45. The van der Waals surface area contributed by atoms with Crippen molar-refractivity contribution in [1.29, 1.82) is 0 Å². The lowest BCUT2D eigenvalue weighted by Gasteiger charge is -2.33. The zero-order valence-corrected chi connectivity index (χ0v) is 11.9. The number of hydrogen-bond acceptors (Lipinski definition) is 3. The molecule has 4 nitrogen and oxygen atoms in total. The normalized spacial score (nSPS) is 23.5. The van der Waals surface area contributed by atoms with Gasteiger partial charge >= 0.3 is 5.97 Å². The van der Waals surface area contributed by atoms with E-state index < -0.39 is 17.8 Å². The van der Waals surface area contributed by atoms with Crippen molar-refractivity contribution >= 4 is 5.97 Å². The largest absolute Gasteiger partial charge is 0.481 e. The van der Waals surface area contributed by atoms with Crippen molar-refractivity contribution in [3.05, 3.63) is 35.0 Å². The Morgan fingerprint density at radius 1 is 1.48 bits per heavy atom. The third-order valence-corrected chi connectivity index (χ3v) is 3.94. The van der Waals surface area contributed by atoms with Gasteiger partial charge in [0.2, 0.25) is 5.88 Å². The summed E-state index contributed by atoms with van der Waals surface area (Å²) in [4.78, 5) is 15.0. The highest BCUT2D eigenvalue weighted by Gasteiger charge is 2.44. The van der Waals surface area contributed by atoms with E-state index in [4.69, 9.17) is 9.84 Å². The van der Waals surface area contributed by atoms with Crippen LogP contribution in [0.2, 0.25) is 0 Å². The first-order chi connectivity index (χ1) is 9.85. The second-order valence-corrected chi connectivity index (χ2v) is 5.19. The monoisotopic (exact) mass is 297 g/mol. The van der Waals surface area contributed by atoms with Crippen LogP contribution in [-0.4, -0.2) is 29.1 Å². The lowest BCUT2D eigenvalue weighted by Crippen LogP contribution is -2.31. The van der Waals surface area contributed by atoms with E-state index in [2.05, 4.69) is 4.98 Å². The summed E-state index contributed by atoms with van der Waals surface area (Å²) in [5, 5.41) is 9.02. The molecule has 1 atom stereocenters. The number of carboxylic acid groups (broad SMARTS) is 1. The molecule has 0 aromatic carbocycles. The number of halogens is 2. The van der Waals surface area contributed by atoms with Crippen molar-refractivity contribution in [2.45, 2.75) is 38.0 Å². The van der Waals surface area contributed by atoms with Crippen molar-refractivity contribution in [2.75, 3.05) is 7.11 Å². The maximum absolute atomic E-state index is 14.1. The highest BCUT2D eigenvalue weighted by Crippen LogP contribution is 2.47. The summed E-state index contributed by atoms with van der Waals surface area (Å²) in [6, 6.07) is 3.09. The van der Waals surface area contributed by atoms with Gasteiger partial charge in [-0.15, -0.1) is 0 Å². The topological polar surface area (TPSA) is 59.4 Å². The van der Waals surface area contributed by atoms with Gasteiger partial charge in [-0.05, 0) is 25.3 Å². The molecule has 6 heteroatoms. The van der Waals surface area contributed by atoms with Crippen molar-refractivity contribution in [1.82, 2.24) is 4.98 Å². The maximum Gasteiger partial charge on any atom is 0.331 e. The predicted molar refractivity (Wildman–Crippen MR) is 72.7 cm³/mol. The van der Waals surface area contributed by atoms with Crippen molar-refractivity contribution in [2.24, 2.45) is 0 Å². The van der Waals surface area contributed by atoms with Crippen molar-refractivity contribution in [3.8, 4) is 5.88 Å². The van der Waals surface area contributed by atoms with E-state index in [1.54, 1.807) is 6.07 Å². The number of carbonyl (C=O) groups is 1. The van der Waals surface area contributed by atoms with E-state index >= 15 is 0 Å². The fraction of sp³-hybridized carbons (Fsp3) is 0.467. The molecule has 0 radical (unpaired) electrons. The van der Waals surface area contributed by atoms with E-state index in [1.165, 1.54) is 26.3 Å². The van der Waals surface area contributed by atoms with Gasteiger partial charge in [-0.1, -0.05) is 11.6 Å². The molecule has 0 aliphatic heterocycles. The van der Waals surface area contributed by atoms with Crippen LogP contribution >= 0.6 is 0 Å². The fourth-order valence-corrected chi connectivity index (χ4v) is 2.56. The first-order valence-electron chi connectivity index (χ1n) is 6.65. The summed E-state index contributed by atoms with van der Waals surface area (Å²) in [5.41, 5.74) is 1.14. The first kappa shape index (κ1) is 15.4. The zero-order valence-electron chi connectivity index (χ0n) is 11.9. The third-order valence-electron chi connectivity index (χ3n) is 3.94. The molecular weight excluding hydrogens is 280 g/mol. The molecule has 1 N–H and O–H groups in total. The molecule has 1 aliphatic carbocycles. The van der Waals surface area contributed by atoms with Gasteiger partial charge in [-0.3, -0.25) is 0 Å². The minimum Gasteiger partial charge on any atom is -0.481 e. The number of pyridine rings is 1. The molecule has 0 amide bonds. The molecule has 0 bridgehead atoms. The highest BCUT2D eigenvalue weighted by molar-refractivity contribution is 5.86. The van der Waals surface area contributed by atoms with E-state index in [-0.39, 0.29) is 24.8 Å². The Labute approximate surface area is 121 Å². The van der Waals surface area contributed by atoms with Gasteiger partial charge < -0.3 is 9.84 Å². The van der Waals surface area contributed by atoms with Crippen LogP contribution in [-0.2, 0) is 4.79 Å². The highest BCUT2D eigenvalue weighted by atomic mass is 19.3. The molecule has 0 unspecified atom stereocenters. The SMILES string of the molecule is COc1ccc([C@H]2CC(=C(C)C(=O)O)CCC2(F)F)cn1. The number of alkyl halides is 2. The van der Waals surface area contributed by atoms with E-state index in [0.29, 0.717) is 17.0 Å². The van der Waals surface area contributed by atoms with Crippen molar-refractivity contribution in [3.63, 3.8) is 0 Å². The number of aromatic nitrogens is 1. The van der Waals surface area contributed by atoms with E-state index in [1.807, 2.05) is 0 Å². The minimum absolute atomic E-state index is 0.0408. The van der Waals surface area contributed by atoms with Gasteiger partial charge in [0.15, 0.2) is 0 Å². The molecule has 0 spiro atoms. The Hall–Kier alpha value is -1.98. The predicted octanol–water partition coefficient (Wildman–Crippen LogP) is 3.39. The Kier molecular flexibility index (Phi) is 4.25. The van der Waals surface area contributed by atoms with Gasteiger partial charge in [0, 0.05) is 24.3 Å². The molecule has 1 aromatic heterocycles. The lowest BCUT2D eigenvalue weighted by atomic mass is 9.77. The van der Waals surface area contributed by atoms with Gasteiger partial charge in [0.25, 0.3) is 5.92 Å². The van der Waals surface area contributed by atoms with Crippen molar-refractivity contribution < 1.29 is 23.4 Å². The van der Waals surface area contributed by atoms with Crippen LogP contribution in [0.5, 0.6) is 5.88 Å². The number of hydrogen-bond donors (Lipinski definition) is 1. The molecule has 1 aromatic rings. The van der Waals surface area contributed by atoms with Gasteiger partial charge in [-0.2, -0.15) is 0 Å². The standard InChI is InChI=1S/C15H17F2NO3/c1-9(14(19)20)10-5-6-15(16,17)12(7-10)11-3-4-13(21-2)18-8-11/h3-4,8,12H,5-7H2,1-2H3,(H,19,20)/t12-/m1/s1. The van der Waals surface area contributed by atoms with Crippen LogP contribution in [0.1, 0.15) is 37.7 Å². The smallest absolute Gasteiger partial charge is 0.331 e. The van der Waals surface area contributed by atoms with Crippen LogP contribution in [0, 0.1) is 0 Å². The number of nitrogens with zero attached hydrogens (tertiary/aromatic N) is 1. The second-order valence-electron chi connectivity index (χ2n) is 5.19. The van der Waals surface area contributed by atoms with Crippen LogP contribution in [0.4, 0.5) is 8.78 Å². The Morgan fingerprint density at radius 2 is 2.19 bits per heavy atom. The fourth-order valence-electron chi connectivity index (χ4n) is 2.56. The number of rotatable bonds is 3. The summed E-state index contributed by atoms with van der Waals surface area (Å²) < 4.78 is 33.2. The number of ether oxygens (including phenoxy) is 1. The average molecular weight is 297 g/mol. The van der Waals surface area contributed by atoms with Crippen LogP contribution < -0.4 is 4.74 Å². The number of carboxylic acids is 1. The maximum atomic E-state index is 14.1. The molecule has 1 fully saturated rings. The summed E-state index contributed by atoms with van der Waals surface area (Å²) >= 11 is 0. The first-order valence-corrected chi connectivity index (χ1v) is 6.65. The zero-order chi connectivity index (χ0) is 15.6. The number of allylic oxidation sites excluding steroid dienone is 1. The molecule has 1 aliphatic rings. The van der Waals surface area contributed by atoms with Crippen LogP contribution in [0.25, 0.3) is 0 Å². The third kappa shape index (κ3) is 3.20. The van der Waals surface area contributed by atoms with Crippen LogP contribution in [0.15, 0.2) is 29.5 Å². The lowest BCUT2D eigenvalue weighted by molar-refractivity contribution is -0.132. The molecule has 0 saturated heterocycles. The van der Waals surface area contributed by atoms with E-state index in [9.17, 15) is 13.6 Å². The van der Waals surface area contributed by atoms with E-state index in [0.717, 1.165) is 0 Å². The number of methoxy groups -OCH3 is 1. The minimum atomic E-state index is -2.86. The molecule has 21 heavy (non-hydrogen) atoms. The Morgan fingerprint density at radius 3 is 2.71 bits per heavy atom. The van der Waals surface area contributed by atoms with Gasteiger partial charge in [0.05, 0.1) is 13.0 Å². The second kappa shape index (κ2) is 5.79. The summed E-state index contributed by atoms with van der Waals surface area (Å²) in [6.45, 7) is 1.46. The van der Waals surface area contributed by atoms with Crippen LogP contribution in [0.3, 0.4) is 0 Å². The van der Waals surface area contributed by atoms with Gasteiger partial charge in [-0.25, -0.2) is 18.6 Å². The Balaban J connectivity index is 2.33. The quantitative estimate of drug-likeness (QED) is 0.869. The summed E-state index contributed by atoms with van der Waals surface area (Å²) in [5.74, 6) is -4.61. The average Bonchev–Trinajstić information content (AvgIpc) is 2.46. The molecule has 1 saturated carbocycles.